The summed E-state index contributed by atoms with van der Waals surface area (Å²) < 4.78 is 12.7. The number of alkyl halides is 1. The van der Waals surface area contributed by atoms with Crippen molar-refractivity contribution in [3.63, 3.8) is 0 Å². The average molecular weight is 322 g/mol. The molecule has 0 unspecified atom stereocenters. The molecule has 0 aliphatic carbocycles. The van der Waals surface area contributed by atoms with Crippen LogP contribution in [0, 0.1) is 5.82 Å². The molecule has 0 fully saturated rings. The summed E-state index contributed by atoms with van der Waals surface area (Å²) in [7, 11) is 0. The highest BCUT2D eigenvalue weighted by molar-refractivity contribution is 9.08. The highest BCUT2D eigenvalue weighted by Gasteiger charge is 2.04. The van der Waals surface area contributed by atoms with Crippen molar-refractivity contribution in [2.75, 3.05) is 5.32 Å². The molecule has 0 saturated carbocycles. The van der Waals surface area contributed by atoms with Crippen molar-refractivity contribution in [2.24, 2.45) is 0 Å². The van der Waals surface area contributed by atoms with Gasteiger partial charge in [-0.15, -0.1) is 0 Å². The molecule has 2 nitrogen and oxygen atoms in total. The number of carbonyl (C=O) groups excluding carboxylic acids is 1. The van der Waals surface area contributed by atoms with Gasteiger partial charge in [0.15, 0.2) is 0 Å². The molecular formula is C15H13BrFNO. The van der Waals surface area contributed by atoms with Crippen molar-refractivity contribution < 1.29 is 9.18 Å². The number of nitrogens with one attached hydrogen (secondary N) is 1. The van der Waals surface area contributed by atoms with Crippen LogP contribution >= 0.6 is 15.9 Å². The Bertz CT molecular complexity index is 569. The summed E-state index contributed by atoms with van der Waals surface area (Å²) in [5.74, 6) is -0.410. The standard InChI is InChI=1S/C15H13BrFNO/c16-10-12-2-1-3-14(8-12)18-15(19)9-11-4-6-13(17)7-5-11/h1-8H,9-10H2,(H,18,19). The third-order valence-corrected chi connectivity index (χ3v) is 3.29. The molecule has 0 atom stereocenters. The second-order valence-electron chi connectivity index (χ2n) is 4.19. The zero-order chi connectivity index (χ0) is 13.7. The van der Waals surface area contributed by atoms with Crippen LogP contribution in [0.1, 0.15) is 11.1 Å². The van der Waals surface area contributed by atoms with Crippen LogP contribution in [0.2, 0.25) is 0 Å². The molecule has 2 aromatic rings. The number of rotatable bonds is 4. The van der Waals surface area contributed by atoms with E-state index in [9.17, 15) is 9.18 Å². The highest BCUT2D eigenvalue weighted by atomic mass is 79.9. The first-order valence-corrected chi connectivity index (χ1v) is 6.99. The molecule has 0 radical (unpaired) electrons. The van der Waals surface area contributed by atoms with E-state index in [4.69, 9.17) is 0 Å². The van der Waals surface area contributed by atoms with E-state index in [-0.39, 0.29) is 18.1 Å². The first-order chi connectivity index (χ1) is 9.17. The van der Waals surface area contributed by atoms with Crippen molar-refractivity contribution in [3.05, 3.63) is 65.5 Å². The van der Waals surface area contributed by atoms with Crippen LogP contribution in [0.15, 0.2) is 48.5 Å². The third-order valence-electron chi connectivity index (χ3n) is 2.64. The first-order valence-electron chi connectivity index (χ1n) is 5.86. The maximum absolute atomic E-state index is 12.7. The second kappa shape index (κ2) is 6.48. The number of amides is 1. The van der Waals surface area contributed by atoms with E-state index in [1.165, 1.54) is 12.1 Å². The number of halogens is 2. The molecule has 0 spiro atoms. The fraction of sp³-hybridized carbons (Fsp3) is 0.133. The molecule has 4 heteroatoms. The summed E-state index contributed by atoms with van der Waals surface area (Å²) in [6, 6.07) is 13.6. The van der Waals surface area contributed by atoms with E-state index in [0.29, 0.717) is 0 Å². The van der Waals surface area contributed by atoms with Crippen molar-refractivity contribution in [1.82, 2.24) is 0 Å². The van der Waals surface area contributed by atoms with Gasteiger partial charge in [-0.3, -0.25) is 4.79 Å². The van der Waals surface area contributed by atoms with Gasteiger partial charge in [0.2, 0.25) is 5.91 Å². The number of hydrogen-bond acceptors (Lipinski definition) is 1. The molecule has 0 heterocycles. The van der Waals surface area contributed by atoms with Crippen molar-refractivity contribution in [3.8, 4) is 0 Å². The average Bonchev–Trinajstić information content (AvgIpc) is 2.41. The van der Waals surface area contributed by atoms with Crippen LogP contribution in [0.25, 0.3) is 0 Å². The molecule has 2 aromatic carbocycles. The van der Waals surface area contributed by atoms with Gasteiger partial charge in [-0.1, -0.05) is 40.2 Å². The summed E-state index contributed by atoms with van der Waals surface area (Å²) in [6.07, 6.45) is 0.235. The van der Waals surface area contributed by atoms with Gasteiger partial charge in [-0.25, -0.2) is 4.39 Å². The fourth-order valence-electron chi connectivity index (χ4n) is 1.73. The van der Waals surface area contributed by atoms with E-state index in [1.54, 1.807) is 12.1 Å². The number of hydrogen-bond donors (Lipinski definition) is 1. The predicted octanol–water partition coefficient (Wildman–Crippen LogP) is 3.90. The molecule has 2 rings (SSSR count). The van der Waals surface area contributed by atoms with Crippen molar-refractivity contribution in [1.29, 1.82) is 0 Å². The lowest BCUT2D eigenvalue weighted by molar-refractivity contribution is -0.115. The lowest BCUT2D eigenvalue weighted by Crippen LogP contribution is -2.14. The predicted molar refractivity (Wildman–Crippen MR) is 77.8 cm³/mol. The van der Waals surface area contributed by atoms with E-state index >= 15 is 0 Å². The van der Waals surface area contributed by atoms with Gasteiger partial charge in [0.05, 0.1) is 6.42 Å². The highest BCUT2D eigenvalue weighted by Crippen LogP contribution is 2.13. The molecular weight excluding hydrogens is 309 g/mol. The zero-order valence-corrected chi connectivity index (χ0v) is 11.8. The van der Waals surface area contributed by atoms with E-state index in [2.05, 4.69) is 21.2 Å². The molecule has 0 bridgehead atoms. The maximum Gasteiger partial charge on any atom is 0.228 e. The molecule has 0 saturated heterocycles. The van der Waals surface area contributed by atoms with Gasteiger partial charge in [0, 0.05) is 11.0 Å². The Labute approximate surface area is 119 Å². The molecule has 98 valence electrons. The Kier molecular flexibility index (Phi) is 4.68. The minimum atomic E-state index is -0.297. The first kappa shape index (κ1) is 13.7. The summed E-state index contributed by atoms with van der Waals surface area (Å²) in [5.41, 5.74) is 2.65. The Morgan fingerprint density at radius 2 is 1.84 bits per heavy atom. The quantitative estimate of drug-likeness (QED) is 0.850. The zero-order valence-electron chi connectivity index (χ0n) is 10.2. The molecule has 19 heavy (non-hydrogen) atoms. The third kappa shape index (κ3) is 4.17. The second-order valence-corrected chi connectivity index (χ2v) is 4.75. The molecule has 0 aromatic heterocycles. The summed E-state index contributed by atoms with van der Waals surface area (Å²) in [5, 5.41) is 3.57. The molecule has 0 aliphatic rings. The van der Waals surface area contributed by atoms with E-state index in [1.807, 2.05) is 24.3 Å². The largest absolute Gasteiger partial charge is 0.326 e. The van der Waals surface area contributed by atoms with Gasteiger partial charge in [0.25, 0.3) is 0 Å². The van der Waals surface area contributed by atoms with Crippen molar-refractivity contribution >= 4 is 27.5 Å². The van der Waals surface area contributed by atoms with Crippen LogP contribution in [-0.4, -0.2) is 5.91 Å². The van der Waals surface area contributed by atoms with Crippen LogP contribution in [0.4, 0.5) is 10.1 Å². The van der Waals surface area contributed by atoms with Gasteiger partial charge >= 0.3 is 0 Å². The van der Waals surface area contributed by atoms with Gasteiger partial charge in [-0.05, 0) is 35.4 Å². The van der Waals surface area contributed by atoms with Crippen molar-refractivity contribution in [2.45, 2.75) is 11.8 Å². The normalized spacial score (nSPS) is 10.2. The topological polar surface area (TPSA) is 29.1 Å². The number of carbonyl (C=O) groups is 1. The minimum Gasteiger partial charge on any atom is -0.326 e. The van der Waals surface area contributed by atoms with Gasteiger partial charge in [0.1, 0.15) is 5.82 Å². The maximum atomic E-state index is 12.7. The van der Waals surface area contributed by atoms with Crippen LogP contribution in [0.5, 0.6) is 0 Å². The summed E-state index contributed by atoms with van der Waals surface area (Å²) in [6.45, 7) is 0. The molecule has 1 N–H and O–H groups in total. The molecule has 0 aliphatic heterocycles. The fourth-order valence-corrected chi connectivity index (χ4v) is 2.07. The Morgan fingerprint density at radius 1 is 1.11 bits per heavy atom. The summed E-state index contributed by atoms with van der Waals surface area (Å²) >= 11 is 3.37. The van der Waals surface area contributed by atoms with Gasteiger partial charge < -0.3 is 5.32 Å². The van der Waals surface area contributed by atoms with Gasteiger partial charge in [-0.2, -0.15) is 0 Å². The SMILES string of the molecule is O=C(Cc1ccc(F)cc1)Nc1cccc(CBr)c1. The van der Waals surface area contributed by atoms with E-state index in [0.717, 1.165) is 22.1 Å². The van der Waals surface area contributed by atoms with Crippen LogP contribution in [-0.2, 0) is 16.5 Å². The Balaban J connectivity index is 1.99. The molecule has 1 amide bonds. The number of anilines is 1. The minimum absolute atomic E-state index is 0.113. The van der Waals surface area contributed by atoms with E-state index < -0.39 is 0 Å². The smallest absolute Gasteiger partial charge is 0.228 e. The Hall–Kier alpha value is -1.68. The lowest BCUT2D eigenvalue weighted by atomic mass is 10.1. The monoisotopic (exact) mass is 321 g/mol. The van der Waals surface area contributed by atoms with Crippen LogP contribution < -0.4 is 5.32 Å². The summed E-state index contributed by atoms with van der Waals surface area (Å²) in [4.78, 5) is 11.8. The Morgan fingerprint density at radius 3 is 2.53 bits per heavy atom. The lowest BCUT2D eigenvalue weighted by Gasteiger charge is -2.06. The van der Waals surface area contributed by atoms with Crippen LogP contribution in [0.3, 0.4) is 0 Å². The number of benzene rings is 2.